The van der Waals surface area contributed by atoms with Gasteiger partial charge in [-0.05, 0) is 6.42 Å². The molecule has 6 nitrogen and oxygen atoms in total. The number of rotatable bonds is 8. The number of carbonyl (C=O) groups excluding carboxylic acids is 1. The Morgan fingerprint density at radius 2 is 2.17 bits per heavy atom. The van der Waals surface area contributed by atoms with E-state index in [-0.39, 0.29) is 13.0 Å². The van der Waals surface area contributed by atoms with Crippen molar-refractivity contribution in [1.82, 2.24) is 9.03 Å². The monoisotopic (exact) mass is 276 g/mol. The number of esters is 1. The van der Waals surface area contributed by atoms with Gasteiger partial charge in [-0.25, -0.2) is 0 Å². The van der Waals surface area contributed by atoms with Crippen molar-refractivity contribution < 1.29 is 17.9 Å². The van der Waals surface area contributed by atoms with E-state index in [2.05, 4.69) is 15.4 Å². The third-order valence-corrected chi connectivity index (χ3v) is 3.92. The van der Waals surface area contributed by atoms with Gasteiger partial charge in [0.25, 0.3) is 10.2 Å². The van der Waals surface area contributed by atoms with Crippen LogP contribution in [0.2, 0.25) is 0 Å². The number of ether oxygens (including phenoxy) is 1. The van der Waals surface area contributed by atoms with Crippen LogP contribution in [0.5, 0.6) is 0 Å². The zero-order valence-corrected chi connectivity index (χ0v) is 11.8. The Balaban J connectivity index is 4.44. The van der Waals surface area contributed by atoms with Crippen molar-refractivity contribution in [1.29, 1.82) is 0 Å². The number of nitrogens with zero attached hydrogens (tertiary/aromatic N) is 1. The van der Waals surface area contributed by atoms with Crippen LogP contribution in [0.3, 0.4) is 0 Å². The Labute approximate surface area is 109 Å². The van der Waals surface area contributed by atoms with E-state index in [0.717, 1.165) is 10.7 Å². The molecule has 1 N–H and O–H groups in total. The molecule has 0 aliphatic heterocycles. The average molecular weight is 276 g/mol. The Kier molecular flexibility index (Phi) is 7.59. The lowest BCUT2D eigenvalue weighted by Gasteiger charge is -2.19. The second kappa shape index (κ2) is 8.08. The van der Waals surface area contributed by atoms with E-state index < -0.39 is 22.2 Å². The first kappa shape index (κ1) is 16.9. The lowest BCUT2D eigenvalue weighted by atomic mass is 10.2. The van der Waals surface area contributed by atoms with Crippen LogP contribution in [0.15, 0.2) is 0 Å². The van der Waals surface area contributed by atoms with Gasteiger partial charge in [-0.2, -0.15) is 17.4 Å². The lowest BCUT2D eigenvalue weighted by molar-refractivity contribution is -0.140. The quantitative estimate of drug-likeness (QED) is 0.504. The molecule has 0 aromatic rings. The first-order valence-corrected chi connectivity index (χ1v) is 7.07. The number of terminal acetylenes is 1. The van der Waals surface area contributed by atoms with Gasteiger partial charge in [0.05, 0.1) is 19.6 Å². The second-order valence-corrected chi connectivity index (χ2v) is 5.59. The molecule has 0 heterocycles. The maximum atomic E-state index is 11.8. The summed E-state index contributed by atoms with van der Waals surface area (Å²) in [4.78, 5) is 10.9. The number of hydrogen-bond acceptors (Lipinski definition) is 4. The molecule has 0 bridgehead atoms. The molecule has 1 unspecified atom stereocenters. The molecule has 1 atom stereocenters. The van der Waals surface area contributed by atoms with Crippen LogP contribution in [0.1, 0.15) is 26.2 Å². The summed E-state index contributed by atoms with van der Waals surface area (Å²) < 4.78 is 31.6. The zero-order valence-electron chi connectivity index (χ0n) is 11.0. The molecule has 104 valence electrons. The van der Waals surface area contributed by atoms with Gasteiger partial charge in [0.2, 0.25) is 0 Å². The minimum absolute atomic E-state index is 0.00239. The van der Waals surface area contributed by atoms with E-state index in [0.29, 0.717) is 6.42 Å². The minimum Gasteiger partial charge on any atom is -0.469 e. The predicted molar refractivity (Wildman–Crippen MR) is 68.8 cm³/mol. The molecule has 0 aliphatic carbocycles. The number of carbonyl (C=O) groups is 1. The van der Waals surface area contributed by atoms with E-state index in [9.17, 15) is 13.2 Å². The number of hydrogen-bond donors (Lipinski definition) is 1. The van der Waals surface area contributed by atoms with Gasteiger partial charge < -0.3 is 4.74 Å². The summed E-state index contributed by atoms with van der Waals surface area (Å²) in [5.74, 6) is 1.92. The maximum Gasteiger partial charge on any atom is 0.306 e. The molecular formula is C11H20N2O4S. The Hall–Kier alpha value is -1.10. The van der Waals surface area contributed by atoms with Crippen LogP contribution >= 0.6 is 0 Å². The van der Waals surface area contributed by atoms with Gasteiger partial charge >= 0.3 is 5.97 Å². The van der Waals surface area contributed by atoms with E-state index >= 15 is 0 Å². The molecule has 18 heavy (non-hydrogen) atoms. The fourth-order valence-electron chi connectivity index (χ4n) is 1.21. The summed E-state index contributed by atoms with van der Waals surface area (Å²) in [6.45, 7) is 1.96. The highest BCUT2D eigenvalue weighted by Gasteiger charge is 2.21. The largest absolute Gasteiger partial charge is 0.469 e. The summed E-state index contributed by atoms with van der Waals surface area (Å²) in [5.41, 5.74) is 0. The number of nitrogens with one attached hydrogen (secondary N) is 1. The Morgan fingerprint density at radius 3 is 2.61 bits per heavy atom. The van der Waals surface area contributed by atoms with E-state index in [4.69, 9.17) is 6.42 Å². The normalized spacial score (nSPS) is 13.1. The molecule has 0 rings (SSSR count). The van der Waals surface area contributed by atoms with Crippen LogP contribution in [0.4, 0.5) is 0 Å². The van der Waals surface area contributed by atoms with Gasteiger partial charge in [-0.1, -0.05) is 19.3 Å². The average Bonchev–Trinajstić information content (AvgIpc) is 2.34. The fourth-order valence-corrected chi connectivity index (χ4v) is 2.26. The van der Waals surface area contributed by atoms with Gasteiger partial charge in [0.15, 0.2) is 0 Å². The second-order valence-electron chi connectivity index (χ2n) is 3.78. The van der Waals surface area contributed by atoms with Crippen molar-refractivity contribution in [3.05, 3.63) is 0 Å². The van der Waals surface area contributed by atoms with Crippen molar-refractivity contribution in [2.45, 2.75) is 32.2 Å². The Morgan fingerprint density at radius 1 is 1.56 bits per heavy atom. The van der Waals surface area contributed by atoms with Gasteiger partial charge in [-0.3, -0.25) is 4.79 Å². The van der Waals surface area contributed by atoms with E-state index in [1.165, 1.54) is 14.2 Å². The molecule has 0 amide bonds. The first-order valence-electron chi connectivity index (χ1n) is 5.63. The standard InChI is InChI=1S/C11H20N2O4S/c1-5-7-10(6-2)12-18(15,16)13(3)9-8-11(14)17-4/h2,10,12H,5,7-9H2,1,3-4H3. The lowest BCUT2D eigenvalue weighted by Crippen LogP contribution is -2.43. The highest BCUT2D eigenvalue weighted by atomic mass is 32.2. The van der Waals surface area contributed by atoms with Crippen LogP contribution in [-0.2, 0) is 19.7 Å². The molecular weight excluding hydrogens is 256 g/mol. The fraction of sp³-hybridized carbons (Fsp3) is 0.727. The SMILES string of the molecule is C#CC(CCC)NS(=O)(=O)N(C)CCC(=O)OC. The van der Waals surface area contributed by atoms with Crippen LogP contribution < -0.4 is 4.72 Å². The topological polar surface area (TPSA) is 75.7 Å². The number of methoxy groups -OCH3 is 1. The van der Waals surface area contributed by atoms with E-state index in [1.54, 1.807) is 0 Å². The van der Waals surface area contributed by atoms with Crippen LogP contribution in [0.25, 0.3) is 0 Å². The smallest absolute Gasteiger partial charge is 0.306 e. The minimum atomic E-state index is -3.66. The van der Waals surface area contributed by atoms with Crippen LogP contribution in [0, 0.1) is 12.3 Å². The van der Waals surface area contributed by atoms with Gasteiger partial charge in [0, 0.05) is 13.6 Å². The van der Waals surface area contributed by atoms with Crippen molar-refractivity contribution in [3.63, 3.8) is 0 Å². The molecule has 0 radical (unpaired) electrons. The molecule has 0 aliphatic rings. The Bertz CT molecular complexity index is 400. The summed E-state index contributed by atoms with van der Waals surface area (Å²) >= 11 is 0. The highest BCUT2D eigenvalue weighted by molar-refractivity contribution is 7.87. The van der Waals surface area contributed by atoms with Crippen molar-refractivity contribution in [3.8, 4) is 12.3 Å². The van der Waals surface area contributed by atoms with Crippen molar-refractivity contribution >= 4 is 16.2 Å². The summed E-state index contributed by atoms with van der Waals surface area (Å²) in [6.07, 6.45) is 6.59. The van der Waals surface area contributed by atoms with Crippen molar-refractivity contribution in [2.75, 3.05) is 20.7 Å². The first-order chi connectivity index (χ1) is 8.37. The summed E-state index contributed by atoms with van der Waals surface area (Å²) in [7, 11) is -1.03. The third kappa shape index (κ3) is 6.00. The maximum absolute atomic E-state index is 11.8. The molecule has 0 aromatic carbocycles. The van der Waals surface area contributed by atoms with E-state index in [1.807, 2.05) is 6.92 Å². The van der Waals surface area contributed by atoms with Crippen LogP contribution in [-0.4, -0.2) is 45.4 Å². The summed E-state index contributed by atoms with van der Waals surface area (Å²) in [5, 5.41) is 0. The highest BCUT2D eigenvalue weighted by Crippen LogP contribution is 2.02. The predicted octanol–water partition coefficient (Wildman–Crippen LogP) is 0.118. The van der Waals surface area contributed by atoms with Crippen molar-refractivity contribution in [2.24, 2.45) is 0 Å². The molecule has 7 heteroatoms. The molecule has 0 fully saturated rings. The molecule has 0 saturated heterocycles. The molecule has 0 aromatic heterocycles. The zero-order chi connectivity index (χ0) is 14.2. The molecule has 0 spiro atoms. The summed E-state index contributed by atoms with van der Waals surface area (Å²) in [6, 6.07) is -0.527. The van der Waals surface area contributed by atoms with Gasteiger partial charge in [0.1, 0.15) is 0 Å². The molecule has 0 saturated carbocycles. The third-order valence-electron chi connectivity index (χ3n) is 2.34. The van der Waals surface area contributed by atoms with Gasteiger partial charge in [-0.15, -0.1) is 6.42 Å².